The summed E-state index contributed by atoms with van der Waals surface area (Å²) in [5.41, 5.74) is 5.26. The lowest BCUT2D eigenvalue weighted by molar-refractivity contribution is 0.424. The molecule has 0 spiro atoms. The lowest BCUT2D eigenvalue weighted by Gasteiger charge is -2.20. The molecule has 3 aromatic rings. The van der Waals surface area contributed by atoms with Gasteiger partial charge in [0, 0.05) is 29.1 Å². The van der Waals surface area contributed by atoms with Crippen LogP contribution < -0.4 is 5.43 Å². The Hall–Kier alpha value is -2.26. The molecular weight excluding hydrogens is 452 g/mol. The first-order chi connectivity index (χ1) is 15.0. The highest BCUT2D eigenvalue weighted by Gasteiger charge is 2.25. The van der Waals surface area contributed by atoms with E-state index in [-0.39, 0.29) is 0 Å². The topological polar surface area (TPSA) is 74.7 Å². The molecule has 0 bridgehead atoms. The highest BCUT2D eigenvalue weighted by atomic mass is 35.5. The van der Waals surface area contributed by atoms with Crippen molar-refractivity contribution < 1.29 is 8.42 Å². The van der Waals surface area contributed by atoms with Crippen molar-refractivity contribution in [3.8, 4) is 11.3 Å². The summed E-state index contributed by atoms with van der Waals surface area (Å²) in [6.07, 6.45) is 5.66. The SMILES string of the molecule is O=S(=O)(c1cccc(-c2csc(NN=Cc3cccc(Cl)c3)n2)c1)N1CCCCCC1. The number of thiazole rings is 1. The Balaban J connectivity index is 1.49. The molecule has 0 aliphatic carbocycles. The van der Waals surface area contributed by atoms with E-state index in [4.69, 9.17) is 11.6 Å². The van der Waals surface area contributed by atoms with Crippen molar-refractivity contribution in [2.24, 2.45) is 5.10 Å². The fourth-order valence-electron chi connectivity index (χ4n) is 3.45. The van der Waals surface area contributed by atoms with Gasteiger partial charge in [0.05, 0.1) is 16.8 Å². The first-order valence-electron chi connectivity index (χ1n) is 10.1. The van der Waals surface area contributed by atoms with Crippen molar-refractivity contribution in [1.29, 1.82) is 0 Å². The van der Waals surface area contributed by atoms with Crippen LogP contribution in [0.3, 0.4) is 0 Å². The average molecular weight is 475 g/mol. The van der Waals surface area contributed by atoms with Gasteiger partial charge in [-0.1, -0.05) is 48.7 Å². The van der Waals surface area contributed by atoms with Crippen molar-refractivity contribution in [2.75, 3.05) is 18.5 Å². The zero-order chi connectivity index (χ0) is 21.7. The molecule has 6 nitrogen and oxygen atoms in total. The number of rotatable bonds is 6. The van der Waals surface area contributed by atoms with Crippen LogP contribution in [-0.2, 0) is 10.0 Å². The zero-order valence-electron chi connectivity index (χ0n) is 16.9. The Bertz CT molecular complexity index is 1170. The lowest BCUT2D eigenvalue weighted by Crippen LogP contribution is -2.31. The molecule has 0 unspecified atom stereocenters. The summed E-state index contributed by atoms with van der Waals surface area (Å²) in [6.45, 7) is 1.17. The van der Waals surface area contributed by atoms with E-state index in [1.807, 2.05) is 29.6 Å². The molecule has 1 N–H and O–H groups in total. The normalized spacial score (nSPS) is 15.8. The Morgan fingerprint density at radius 2 is 1.84 bits per heavy atom. The second-order valence-corrected chi connectivity index (χ2v) is 10.5. The minimum absolute atomic E-state index is 0.313. The van der Waals surface area contributed by atoms with Gasteiger partial charge < -0.3 is 0 Å². The number of hydrazone groups is 1. The molecule has 1 aliphatic rings. The Morgan fingerprint density at radius 3 is 2.61 bits per heavy atom. The molecule has 31 heavy (non-hydrogen) atoms. The van der Waals surface area contributed by atoms with E-state index >= 15 is 0 Å². The maximum atomic E-state index is 13.1. The Labute approximate surface area is 191 Å². The summed E-state index contributed by atoms with van der Waals surface area (Å²) in [7, 11) is -3.50. The third kappa shape index (κ3) is 5.51. The first kappa shape index (κ1) is 22.0. The highest BCUT2D eigenvalue weighted by molar-refractivity contribution is 7.89. The van der Waals surface area contributed by atoms with Crippen LogP contribution >= 0.6 is 22.9 Å². The zero-order valence-corrected chi connectivity index (χ0v) is 19.3. The third-order valence-corrected chi connectivity index (χ3v) is 7.94. The summed E-state index contributed by atoms with van der Waals surface area (Å²) in [4.78, 5) is 4.85. The number of hydrogen-bond donors (Lipinski definition) is 1. The Kier molecular flexibility index (Phi) is 7.02. The first-order valence-corrected chi connectivity index (χ1v) is 12.8. The van der Waals surface area contributed by atoms with Crippen molar-refractivity contribution in [3.63, 3.8) is 0 Å². The maximum absolute atomic E-state index is 13.1. The van der Waals surface area contributed by atoms with Crippen LogP contribution in [-0.4, -0.2) is 37.0 Å². The summed E-state index contributed by atoms with van der Waals surface area (Å²) in [5, 5.41) is 7.35. The number of benzene rings is 2. The van der Waals surface area contributed by atoms with E-state index in [0.717, 1.165) is 36.8 Å². The molecular formula is C22H23ClN4O2S2. The summed E-state index contributed by atoms with van der Waals surface area (Å²) >= 11 is 7.38. The van der Waals surface area contributed by atoms with Gasteiger partial charge in [-0.2, -0.15) is 9.41 Å². The molecule has 0 saturated carbocycles. The number of nitrogens with one attached hydrogen (secondary N) is 1. The van der Waals surface area contributed by atoms with Crippen LogP contribution in [0.5, 0.6) is 0 Å². The van der Waals surface area contributed by atoms with Gasteiger partial charge in [-0.25, -0.2) is 13.4 Å². The number of sulfonamides is 1. The number of halogens is 1. The van der Waals surface area contributed by atoms with E-state index in [0.29, 0.717) is 33.8 Å². The van der Waals surface area contributed by atoms with Crippen LogP contribution in [0.4, 0.5) is 5.13 Å². The number of hydrogen-bond acceptors (Lipinski definition) is 6. The number of aromatic nitrogens is 1. The highest BCUT2D eigenvalue weighted by Crippen LogP contribution is 2.28. The van der Waals surface area contributed by atoms with E-state index in [1.165, 1.54) is 11.3 Å². The molecule has 0 atom stereocenters. The smallest absolute Gasteiger partial charge is 0.243 e. The fraction of sp³-hybridized carbons (Fsp3) is 0.273. The van der Waals surface area contributed by atoms with E-state index < -0.39 is 10.0 Å². The fourth-order valence-corrected chi connectivity index (χ4v) is 5.88. The van der Waals surface area contributed by atoms with Gasteiger partial charge in [-0.3, -0.25) is 5.43 Å². The summed E-state index contributed by atoms with van der Waals surface area (Å²) in [6, 6.07) is 14.4. The van der Waals surface area contributed by atoms with Crippen molar-refractivity contribution >= 4 is 44.3 Å². The minimum atomic E-state index is -3.50. The molecule has 162 valence electrons. The predicted octanol–water partition coefficient (Wildman–Crippen LogP) is 5.47. The third-order valence-electron chi connectivity index (χ3n) is 5.06. The van der Waals surface area contributed by atoms with Gasteiger partial charge in [0.25, 0.3) is 0 Å². The second-order valence-electron chi connectivity index (χ2n) is 7.31. The van der Waals surface area contributed by atoms with Gasteiger partial charge in [-0.15, -0.1) is 11.3 Å². The van der Waals surface area contributed by atoms with Gasteiger partial charge in [0.15, 0.2) is 0 Å². The predicted molar refractivity (Wildman–Crippen MR) is 127 cm³/mol. The van der Waals surface area contributed by atoms with Crippen LogP contribution in [0.25, 0.3) is 11.3 Å². The minimum Gasteiger partial charge on any atom is -0.253 e. The summed E-state index contributed by atoms with van der Waals surface area (Å²) in [5.74, 6) is 0. The molecule has 0 radical (unpaired) electrons. The Morgan fingerprint density at radius 1 is 1.06 bits per heavy atom. The van der Waals surface area contributed by atoms with Gasteiger partial charge in [-0.05, 0) is 42.7 Å². The molecule has 1 aromatic heterocycles. The van der Waals surface area contributed by atoms with Crippen LogP contribution in [0.1, 0.15) is 31.2 Å². The summed E-state index contributed by atoms with van der Waals surface area (Å²) < 4.78 is 27.8. The van der Waals surface area contributed by atoms with Gasteiger partial charge in [0.1, 0.15) is 0 Å². The van der Waals surface area contributed by atoms with Gasteiger partial charge >= 0.3 is 0 Å². The van der Waals surface area contributed by atoms with Crippen LogP contribution in [0, 0.1) is 0 Å². The van der Waals surface area contributed by atoms with E-state index in [2.05, 4.69) is 15.5 Å². The molecule has 2 aromatic carbocycles. The molecule has 1 aliphatic heterocycles. The van der Waals surface area contributed by atoms with E-state index in [9.17, 15) is 8.42 Å². The van der Waals surface area contributed by atoms with Crippen LogP contribution in [0.2, 0.25) is 5.02 Å². The molecule has 0 amide bonds. The molecule has 4 rings (SSSR count). The maximum Gasteiger partial charge on any atom is 0.243 e. The van der Waals surface area contributed by atoms with E-state index in [1.54, 1.807) is 34.8 Å². The standard InChI is InChI=1S/C22H23ClN4O2S2/c23-19-9-5-7-17(13-19)15-24-26-22-25-21(16-30-22)18-8-6-10-20(14-18)31(28,29)27-11-3-1-2-4-12-27/h5-10,13-16H,1-4,11-12H2,(H,25,26). The molecule has 1 saturated heterocycles. The second kappa shape index (κ2) is 9.91. The van der Waals surface area contributed by atoms with Crippen molar-refractivity contribution in [3.05, 3.63) is 64.5 Å². The molecule has 2 heterocycles. The monoisotopic (exact) mass is 474 g/mol. The lowest BCUT2D eigenvalue weighted by atomic mass is 10.2. The number of nitrogens with zero attached hydrogens (tertiary/aromatic N) is 3. The van der Waals surface area contributed by atoms with Crippen molar-refractivity contribution in [2.45, 2.75) is 30.6 Å². The molecule has 1 fully saturated rings. The largest absolute Gasteiger partial charge is 0.253 e. The van der Waals surface area contributed by atoms with Gasteiger partial charge in [0.2, 0.25) is 15.2 Å². The van der Waals surface area contributed by atoms with Crippen molar-refractivity contribution in [1.82, 2.24) is 9.29 Å². The molecule has 9 heteroatoms. The average Bonchev–Trinajstić information content (AvgIpc) is 3.06. The number of anilines is 1. The van der Waals surface area contributed by atoms with Crippen LogP contribution in [0.15, 0.2) is 63.9 Å². The quantitative estimate of drug-likeness (QED) is 0.379.